The molecule has 0 bridgehead atoms. The van der Waals surface area contributed by atoms with Crippen molar-refractivity contribution in [3.63, 3.8) is 0 Å². The molecule has 1 fully saturated rings. The van der Waals surface area contributed by atoms with E-state index in [4.69, 9.17) is 4.74 Å². The van der Waals surface area contributed by atoms with Crippen LogP contribution in [0.5, 0.6) is 0 Å². The first-order valence-corrected chi connectivity index (χ1v) is 8.69. The van der Waals surface area contributed by atoms with Gasteiger partial charge in [-0.05, 0) is 19.1 Å². The minimum absolute atomic E-state index is 0.196. The summed E-state index contributed by atoms with van der Waals surface area (Å²) in [6.07, 6.45) is 3.12. The van der Waals surface area contributed by atoms with Crippen LogP contribution in [0.2, 0.25) is 0 Å². The Morgan fingerprint density at radius 3 is 2.56 bits per heavy atom. The van der Waals surface area contributed by atoms with Gasteiger partial charge in [-0.2, -0.15) is 0 Å². The molecule has 3 rings (SSSR count). The lowest BCUT2D eigenvalue weighted by Crippen LogP contribution is -2.47. The molecule has 144 valence electrons. The molecule has 0 spiro atoms. The van der Waals surface area contributed by atoms with E-state index in [-0.39, 0.29) is 11.7 Å². The summed E-state index contributed by atoms with van der Waals surface area (Å²) < 4.78 is 11.2. The lowest BCUT2D eigenvalue weighted by molar-refractivity contribution is 0.0524. The number of esters is 2. The molecule has 0 N–H and O–H groups in total. The van der Waals surface area contributed by atoms with Gasteiger partial charge in [-0.25, -0.2) is 19.3 Å². The third-order valence-corrected chi connectivity index (χ3v) is 4.23. The summed E-state index contributed by atoms with van der Waals surface area (Å²) in [4.78, 5) is 31.9. The molecule has 10 heteroatoms. The van der Waals surface area contributed by atoms with Crippen molar-refractivity contribution >= 4 is 17.8 Å². The maximum absolute atomic E-state index is 11.7. The zero-order chi connectivity index (χ0) is 19.2. The van der Waals surface area contributed by atoms with E-state index >= 15 is 0 Å². The molecular formula is C17H22N6O4. The first-order chi connectivity index (χ1) is 13.1. The minimum Gasteiger partial charge on any atom is -0.464 e. The second kappa shape index (κ2) is 8.58. The number of methoxy groups -OCH3 is 1. The average molecular weight is 374 g/mol. The van der Waals surface area contributed by atoms with Gasteiger partial charge < -0.3 is 14.4 Å². The van der Waals surface area contributed by atoms with Gasteiger partial charge in [0.1, 0.15) is 5.82 Å². The number of aromatic nitrogens is 4. The second-order valence-electron chi connectivity index (χ2n) is 6.01. The quantitative estimate of drug-likeness (QED) is 0.665. The van der Waals surface area contributed by atoms with Crippen molar-refractivity contribution in [2.24, 2.45) is 0 Å². The van der Waals surface area contributed by atoms with Crippen LogP contribution in [-0.4, -0.2) is 76.7 Å². The molecule has 1 aliphatic heterocycles. The molecule has 10 nitrogen and oxygen atoms in total. The maximum atomic E-state index is 11.7. The molecule has 3 heterocycles. The van der Waals surface area contributed by atoms with Gasteiger partial charge in [-0.1, -0.05) is 5.21 Å². The zero-order valence-corrected chi connectivity index (χ0v) is 15.4. The van der Waals surface area contributed by atoms with E-state index in [0.29, 0.717) is 18.8 Å². The summed E-state index contributed by atoms with van der Waals surface area (Å²) in [5.41, 5.74) is 0.647. The highest BCUT2D eigenvalue weighted by molar-refractivity contribution is 5.89. The van der Waals surface area contributed by atoms with E-state index in [1.54, 1.807) is 30.1 Å². The summed E-state index contributed by atoms with van der Waals surface area (Å²) in [6, 6.07) is 3.57. The number of hydrogen-bond acceptors (Lipinski definition) is 9. The number of piperazine rings is 1. The molecule has 1 saturated heterocycles. The summed E-state index contributed by atoms with van der Waals surface area (Å²) in [6.45, 7) is 5.88. The van der Waals surface area contributed by atoms with Crippen molar-refractivity contribution < 1.29 is 19.1 Å². The van der Waals surface area contributed by atoms with Crippen LogP contribution in [0.3, 0.4) is 0 Å². The number of pyridine rings is 1. The standard InChI is InChI=1S/C17H22N6O4/c1-3-27-16(24)13-4-5-15(18-10-13)22-8-6-21(7-9-22)12-23-11-14(19-20-23)17(25)26-2/h4-5,10-11H,3,6-9,12H2,1-2H3. The molecule has 0 aliphatic carbocycles. The van der Waals surface area contributed by atoms with Crippen molar-refractivity contribution in [2.75, 3.05) is 44.8 Å². The first kappa shape index (κ1) is 18.8. The molecular weight excluding hydrogens is 352 g/mol. The highest BCUT2D eigenvalue weighted by atomic mass is 16.5. The summed E-state index contributed by atoms with van der Waals surface area (Å²) >= 11 is 0. The van der Waals surface area contributed by atoms with Gasteiger partial charge in [0, 0.05) is 32.4 Å². The second-order valence-corrected chi connectivity index (χ2v) is 6.01. The molecule has 2 aromatic rings. The Bertz CT molecular complexity index is 783. The Morgan fingerprint density at radius 1 is 1.15 bits per heavy atom. The van der Waals surface area contributed by atoms with Crippen LogP contribution in [0.4, 0.5) is 5.82 Å². The summed E-state index contributed by atoms with van der Waals surface area (Å²) in [7, 11) is 1.31. The van der Waals surface area contributed by atoms with E-state index in [2.05, 4.69) is 29.8 Å². The molecule has 0 radical (unpaired) electrons. The van der Waals surface area contributed by atoms with Crippen LogP contribution in [0.25, 0.3) is 0 Å². The van der Waals surface area contributed by atoms with Crippen molar-refractivity contribution in [3.05, 3.63) is 35.8 Å². The average Bonchev–Trinajstić information content (AvgIpc) is 3.17. The van der Waals surface area contributed by atoms with Crippen LogP contribution in [0, 0.1) is 0 Å². The van der Waals surface area contributed by atoms with E-state index in [0.717, 1.165) is 32.0 Å². The molecule has 0 aromatic carbocycles. The van der Waals surface area contributed by atoms with E-state index in [1.165, 1.54) is 7.11 Å². The highest BCUT2D eigenvalue weighted by Crippen LogP contribution is 2.15. The van der Waals surface area contributed by atoms with Crippen molar-refractivity contribution in [3.8, 4) is 0 Å². The molecule has 0 atom stereocenters. The van der Waals surface area contributed by atoms with Crippen LogP contribution < -0.4 is 4.90 Å². The fourth-order valence-electron chi connectivity index (χ4n) is 2.80. The van der Waals surface area contributed by atoms with Gasteiger partial charge in [0.05, 0.1) is 32.1 Å². The van der Waals surface area contributed by atoms with Crippen molar-refractivity contribution in [1.82, 2.24) is 24.9 Å². The number of rotatable bonds is 6. The van der Waals surface area contributed by atoms with Crippen LogP contribution in [0.15, 0.2) is 24.5 Å². The van der Waals surface area contributed by atoms with Gasteiger partial charge in [-0.15, -0.1) is 5.10 Å². The lowest BCUT2D eigenvalue weighted by Gasteiger charge is -2.35. The number of hydrogen-bond donors (Lipinski definition) is 0. The van der Waals surface area contributed by atoms with E-state index in [1.807, 2.05) is 6.07 Å². The molecule has 0 unspecified atom stereocenters. The molecule has 27 heavy (non-hydrogen) atoms. The monoisotopic (exact) mass is 374 g/mol. The van der Waals surface area contributed by atoms with Crippen LogP contribution in [-0.2, 0) is 16.1 Å². The largest absolute Gasteiger partial charge is 0.464 e. The summed E-state index contributed by atoms with van der Waals surface area (Å²) in [5.74, 6) is -0.0274. The normalized spacial score (nSPS) is 14.8. The first-order valence-electron chi connectivity index (χ1n) is 8.69. The van der Waals surface area contributed by atoms with Gasteiger partial charge in [0.15, 0.2) is 5.69 Å². The van der Waals surface area contributed by atoms with Crippen molar-refractivity contribution in [2.45, 2.75) is 13.6 Å². The fourth-order valence-corrected chi connectivity index (χ4v) is 2.80. The van der Waals surface area contributed by atoms with Gasteiger partial charge in [0.25, 0.3) is 0 Å². The summed E-state index contributed by atoms with van der Waals surface area (Å²) in [5, 5.41) is 7.76. The SMILES string of the molecule is CCOC(=O)c1ccc(N2CCN(Cn3cc(C(=O)OC)nn3)CC2)nc1. The third kappa shape index (κ3) is 4.59. The van der Waals surface area contributed by atoms with Gasteiger partial charge >= 0.3 is 11.9 Å². The van der Waals surface area contributed by atoms with Crippen LogP contribution in [0.1, 0.15) is 27.8 Å². The van der Waals surface area contributed by atoms with Crippen molar-refractivity contribution in [1.29, 1.82) is 0 Å². The Kier molecular flexibility index (Phi) is 5.97. The predicted octanol–water partition coefficient (Wildman–Crippen LogP) is 0.416. The molecule has 2 aromatic heterocycles. The van der Waals surface area contributed by atoms with Gasteiger partial charge in [0.2, 0.25) is 0 Å². The Hall–Kier alpha value is -3.01. The number of carbonyl (C=O) groups excluding carboxylic acids is 2. The lowest BCUT2D eigenvalue weighted by atomic mass is 10.2. The Morgan fingerprint density at radius 2 is 1.93 bits per heavy atom. The maximum Gasteiger partial charge on any atom is 0.360 e. The smallest absolute Gasteiger partial charge is 0.360 e. The number of ether oxygens (including phenoxy) is 2. The van der Waals surface area contributed by atoms with E-state index in [9.17, 15) is 9.59 Å². The highest BCUT2D eigenvalue weighted by Gasteiger charge is 2.20. The predicted molar refractivity (Wildman–Crippen MR) is 95.3 cm³/mol. The Labute approximate surface area is 156 Å². The number of carbonyl (C=O) groups is 2. The van der Waals surface area contributed by atoms with Gasteiger partial charge in [-0.3, -0.25) is 4.90 Å². The third-order valence-electron chi connectivity index (χ3n) is 4.23. The van der Waals surface area contributed by atoms with E-state index < -0.39 is 5.97 Å². The number of anilines is 1. The van der Waals surface area contributed by atoms with Crippen LogP contribution >= 0.6 is 0 Å². The Balaban J connectivity index is 1.52. The number of nitrogens with zero attached hydrogens (tertiary/aromatic N) is 6. The zero-order valence-electron chi connectivity index (χ0n) is 15.4. The topological polar surface area (TPSA) is 103 Å². The fraction of sp³-hybridized carbons (Fsp3) is 0.471. The molecule has 0 saturated carbocycles. The molecule has 1 aliphatic rings. The molecule has 0 amide bonds. The minimum atomic E-state index is -0.497.